The van der Waals surface area contributed by atoms with Crippen molar-refractivity contribution < 1.29 is 4.74 Å². The first-order chi connectivity index (χ1) is 7.70. The van der Waals surface area contributed by atoms with E-state index in [0.717, 1.165) is 22.7 Å². The van der Waals surface area contributed by atoms with Crippen LogP contribution in [0.1, 0.15) is 25.5 Å². The molecule has 4 heteroatoms. The molecule has 4 nitrogen and oxygen atoms in total. The lowest BCUT2D eigenvalue weighted by Gasteiger charge is -2.00. The number of aromatic amines is 1. The number of hydrogen-bond acceptors (Lipinski definition) is 3. The highest BCUT2D eigenvalue weighted by Gasteiger charge is 2.07. The summed E-state index contributed by atoms with van der Waals surface area (Å²) in [5.41, 5.74) is 2.98. The van der Waals surface area contributed by atoms with Gasteiger partial charge in [-0.25, -0.2) is 0 Å². The summed E-state index contributed by atoms with van der Waals surface area (Å²) in [6, 6.07) is 3.97. The number of rotatable bonds is 3. The number of ether oxygens (including phenoxy) is 1. The van der Waals surface area contributed by atoms with Gasteiger partial charge in [0.15, 0.2) is 0 Å². The van der Waals surface area contributed by atoms with Crippen molar-refractivity contribution in [3.05, 3.63) is 30.2 Å². The molecule has 0 saturated carbocycles. The molecule has 0 aromatic carbocycles. The highest BCUT2D eigenvalue weighted by atomic mass is 16.5. The molecule has 1 N–H and O–H groups in total. The maximum Gasteiger partial charge on any atom is 0.137 e. The fraction of sp³-hybridized carbons (Fsp3) is 0.333. The van der Waals surface area contributed by atoms with Gasteiger partial charge in [-0.15, -0.1) is 0 Å². The summed E-state index contributed by atoms with van der Waals surface area (Å²) in [7, 11) is 1.63. The topological polar surface area (TPSA) is 50.8 Å². The van der Waals surface area contributed by atoms with Crippen LogP contribution in [0.15, 0.2) is 24.5 Å². The van der Waals surface area contributed by atoms with E-state index in [4.69, 9.17) is 4.74 Å². The Morgan fingerprint density at radius 3 is 2.69 bits per heavy atom. The first kappa shape index (κ1) is 10.7. The van der Waals surface area contributed by atoms with Crippen molar-refractivity contribution in [1.82, 2.24) is 15.2 Å². The Morgan fingerprint density at radius 1 is 1.25 bits per heavy atom. The quantitative estimate of drug-likeness (QED) is 0.859. The van der Waals surface area contributed by atoms with Crippen LogP contribution in [0, 0.1) is 0 Å². The molecule has 0 unspecified atom stereocenters. The second kappa shape index (κ2) is 4.35. The zero-order valence-corrected chi connectivity index (χ0v) is 9.69. The summed E-state index contributed by atoms with van der Waals surface area (Å²) < 4.78 is 5.13. The summed E-state index contributed by atoms with van der Waals surface area (Å²) in [6.07, 6.45) is 3.46. The highest BCUT2D eigenvalue weighted by Crippen LogP contribution is 2.23. The van der Waals surface area contributed by atoms with E-state index in [0.29, 0.717) is 5.92 Å². The molecular formula is C12H15N3O. The van der Waals surface area contributed by atoms with Crippen molar-refractivity contribution in [3.63, 3.8) is 0 Å². The SMILES string of the molecule is COc1cncc(-c2cc(C(C)C)[nH]n2)c1. The lowest BCUT2D eigenvalue weighted by molar-refractivity contribution is 0.413. The maximum absolute atomic E-state index is 5.13. The van der Waals surface area contributed by atoms with Crippen molar-refractivity contribution in [3.8, 4) is 17.0 Å². The van der Waals surface area contributed by atoms with Gasteiger partial charge in [0, 0.05) is 17.5 Å². The largest absolute Gasteiger partial charge is 0.495 e. The standard InChI is InChI=1S/C12H15N3O/c1-8(2)11-5-12(15-14-11)9-4-10(16-3)7-13-6-9/h4-8H,1-3H3,(H,14,15). The molecule has 2 rings (SSSR count). The normalized spacial score (nSPS) is 10.8. The van der Waals surface area contributed by atoms with Crippen molar-refractivity contribution >= 4 is 0 Å². The molecule has 2 aromatic heterocycles. The summed E-state index contributed by atoms with van der Waals surface area (Å²) in [5, 5.41) is 7.29. The number of methoxy groups -OCH3 is 1. The Balaban J connectivity index is 2.34. The first-order valence-corrected chi connectivity index (χ1v) is 5.25. The van der Waals surface area contributed by atoms with Crippen LogP contribution < -0.4 is 4.74 Å². The molecule has 0 saturated heterocycles. The van der Waals surface area contributed by atoms with E-state index in [1.54, 1.807) is 19.5 Å². The minimum atomic E-state index is 0.444. The molecule has 0 aliphatic heterocycles. The number of hydrogen-bond donors (Lipinski definition) is 1. The summed E-state index contributed by atoms with van der Waals surface area (Å²) in [5.74, 6) is 1.19. The number of pyridine rings is 1. The molecule has 16 heavy (non-hydrogen) atoms. The summed E-state index contributed by atoms with van der Waals surface area (Å²) in [4.78, 5) is 4.11. The van der Waals surface area contributed by atoms with Crippen LogP contribution in [0.5, 0.6) is 5.75 Å². The van der Waals surface area contributed by atoms with Crippen LogP contribution in [0.4, 0.5) is 0 Å². The minimum absolute atomic E-state index is 0.444. The second-order valence-electron chi connectivity index (χ2n) is 3.98. The van der Waals surface area contributed by atoms with Crippen LogP contribution in [-0.4, -0.2) is 22.3 Å². The molecule has 84 valence electrons. The highest BCUT2D eigenvalue weighted by molar-refractivity contribution is 5.59. The van der Waals surface area contributed by atoms with Gasteiger partial charge in [-0.1, -0.05) is 13.8 Å². The smallest absolute Gasteiger partial charge is 0.137 e. The van der Waals surface area contributed by atoms with E-state index in [2.05, 4.69) is 29.0 Å². The van der Waals surface area contributed by atoms with E-state index in [-0.39, 0.29) is 0 Å². The molecule has 2 heterocycles. The molecule has 0 atom stereocenters. The van der Waals surface area contributed by atoms with Gasteiger partial charge in [0.1, 0.15) is 5.75 Å². The summed E-state index contributed by atoms with van der Waals surface area (Å²) in [6.45, 7) is 4.25. The van der Waals surface area contributed by atoms with Gasteiger partial charge in [-0.3, -0.25) is 10.1 Å². The van der Waals surface area contributed by atoms with Crippen molar-refractivity contribution in [2.24, 2.45) is 0 Å². The average molecular weight is 217 g/mol. The van der Waals surface area contributed by atoms with Gasteiger partial charge < -0.3 is 4.74 Å². The third kappa shape index (κ3) is 2.05. The lowest BCUT2D eigenvalue weighted by atomic mass is 10.1. The van der Waals surface area contributed by atoms with E-state index < -0.39 is 0 Å². The van der Waals surface area contributed by atoms with Gasteiger partial charge in [0.25, 0.3) is 0 Å². The molecule has 0 aliphatic carbocycles. The zero-order valence-electron chi connectivity index (χ0n) is 9.69. The molecule has 2 aromatic rings. The predicted octanol–water partition coefficient (Wildman–Crippen LogP) is 2.60. The Bertz CT molecular complexity index is 477. The monoisotopic (exact) mass is 217 g/mol. The number of aromatic nitrogens is 3. The Labute approximate surface area is 94.7 Å². The minimum Gasteiger partial charge on any atom is -0.495 e. The third-order valence-corrected chi connectivity index (χ3v) is 2.46. The Morgan fingerprint density at radius 2 is 2.06 bits per heavy atom. The fourth-order valence-corrected chi connectivity index (χ4v) is 1.45. The molecule has 0 fully saturated rings. The van der Waals surface area contributed by atoms with E-state index in [1.807, 2.05) is 12.1 Å². The fourth-order valence-electron chi connectivity index (χ4n) is 1.45. The molecule has 0 spiro atoms. The van der Waals surface area contributed by atoms with Crippen LogP contribution in [0.3, 0.4) is 0 Å². The molecule has 0 bridgehead atoms. The third-order valence-electron chi connectivity index (χ3n) is 2.46. The maximum atomic E-state index is 5.13. The van der Waals surface area contributed by atoms with Crippen molar-refractivity contribution in [1.29, 1.82) is 0 Å². The van der Waals surface area contributed by atoms with Crippen molar-refractivity contribution in [2.75, 3.05) is 7.11 Å². The van der Waals surface area contributed by atoms with E-state index >= 15 is 0 Å². The van der Waals surface area contributed by atoms with Gasteiger partial charge in [0.05, 0.1) is 19.0 Å². The van der Waals surface area contributed by atoms with Crippen LogP contribution in [0.2, 0.25) is 0 Å². The Kier molecular flexibility index (Phi) is 2.90. The molecule has 0 radical (unpaired) electrons. The van der Waals surface area contributed by atoms with Crippen LogP contribution >= 0.6 is 0 Å². The van der Waals surface area contributed by atoms with Gasteiger partial charge in [-0.2, -0.15) is 5.10 Å². The predicted molar refractivity (Wildman–Crippen MR) is 62.5 cm³/mol. The number of H-pyrrole nitrogens is 1. The van der Waals surface area contributed by atoms with Gasteiger partial charge in [0.2, 0.25) is 0 Å². The van der Waals surface area contributed by atoms with Crippen molar-refractivity contribution in [2.45, 2.75) is 19.8 Å². The molecule has 0 amide bonds. The number of nitrogens with zero attached hydrogens (tertiary/aromatic N) is 2. The first-order valence-electron chi connectivity index (χ1n) is 5.25. The lowest BCUT2D eigenvalue weighted by Crippen LogP contribution is -1.86. The number of nitrogens with one attached hydrogen (secondary N) is 1. The van der Waals surface area contributed by atoms with E-state index in [1.165, 1.54) is 0 Å². The molecule has 0 aliphatic rings. The zero-order chi connectivity index (χ0) is 11.5. The van der Waals surface area contributed by atoms with Gasteiger partial charge in [-0.05, 0) is 18.1 Å². The second-order valence-corrected chi connectivity index (χ2v) is 3.98. The van der Waals surface area contributed by atoms with E-state index in [9.17, 15) is 0 Å². The molecular weight excluding hydrogens is 202 g/mol. The summed E-state index contributed by atoms with van der Waals surface area (Å²) >= 11 is 0. The van der Waals surface area contributed by atoms with Gasteiger partial charge >= 0.3 is 0 Å². The average Bonchev–Trinajstić information content (AvgIpc) is 2.78. The van der Waals surface area contributed by atoms with Crippen LogP contribution in [-0.2, 0) is 0 Å². The van der Waals surface area contributed by atoms with Crippen LogP contribution in [0.25, 0.3) is 11.3 Å². The Hall–Kier alpha value is -1.84.